The smallest absolute Gasteiger partial charge is 0.450 e. The molecule has 2 rings (SSSR count). The predicted molar refractivity (Wildman–Crippen MR) is 111 cm³/mol. The fraction of sp³-hybridized carbons (Fsp3) is 0.381. The van der Waals surface area contributed by atoms with E-state index in [0.29, 0.717) is 0 Å². The van der Waals surface area contributed by atoms with E-state index in [1.54, 1.807) is 13.8 Å². The predicted octanol–water partition coefficient (Wildman–Crippen LogP) is 6.93. The van der Waals surface area contributed by atoms with Crippen LogP contribution in [0, 0.1) is 5.92 Å². The van der Waals surface area contributed by atoms with Gasteiger partial charge in [0.05, 0.1) is 6.61 Å². The Balaban J connectivity index is 2.66. The zero-order valence-corrected chi connectivity index (χ0v) is 18.9. The summed E-state index contributed by atoms with van der Waals surface area (Å²) in [4.78, 5) is 12.1. The van der Waals surface area contributed by atoms with Gasteiger partial charge in [-0.1, -0.05) is 50.2 Å². The average molecular weight is 513 g/mol. The number of carbonyl (C=O) groups excluding carboxylic acids is 1. The van der Waals surface area contributed by atoms with Crippen LogP contribution < -0.4 is 14.4 Å². The van der Waals surface area contributed by atoms with E-state index < -0.39 is 49.4 Å². The maximum Gasteiger partial charge on any atom is 0.475 e. The van der Waals surface area contributed by atoms with Crippen LogP contribution in [0.3, 0.4) is 0 Å². The maximum absolute atomic E-state index is 14.3. The van der Waals surface area contributed by atoms with Crippen LogP contribution in [0.1, 0.15) is 20.3 Å². The van der Waals surface area contributed by atoms with Crippen LogP contribution in [-0.4, -0.2) is 30.3 Å². The molecule has 0 heterocycles. The number of hydrogen-bond donors (Lipinski definition) is 1. The zero-order chi connectivity index (χ0) is 25.6. The first-order chi connectivity index (χ1) is 15.7. The molecule has 34 heavy (non-hydrogen) atoms. The van der Waals surface area contributed by atoms with Gasteiger partial charge in [-0.15, -0.1) is 0 Å². The summed E-state index contributed by atoms with van der Waals surface area (Å²) in [6, 6.07) is 11.7. The van der Waals surface area contributed by atoms with Gasteiger partial charge >= 0.3 is 31.3 Å². The highest BCUT2D eigenvalue weighted by Gasteiger charge is 2.85. The van der Waals surface area contributed by atoms with Gasteiger partial charge < -0.3 is 13.8 Å². The van der Waals surface area contributed by atoms with E-state index in [1.165, 1.54) is 36.4 Å². The van der Waals surface area contributed by atoms with Crippen LogP contribution in [-0.2, 0) is 9.30 Å². The summed E-state index contributed by atoms with van der Waals surface area (Å²) >= 11 is 0. The number of alkyl carbamates (subject to hydrolysis) is 1. The van der Waals surface area contributed by atoms with Crippen molar-refractivity contribution in [3.63, 3.8) is 0 Å². The molecule has 0 saturated heterocycles. The molecule has 188 valence electrons. The molecular weight excluding hydrogens is 491 g/mol. The lowest BCUT2D eigenvalue weighted by molar-refractivity contribution is -0.278. The fourth-order valence-electron chi connectivity index (χ4n) is 2.65. The second-order valence-corrected chi connectivity index (χ2v) is 9.49. The second-order valence-electron chi connectivity index (χ2n) is 7.46. The molecule has 0 aliphatic heterocycles. The molecule has 0 atom stereocenters. The molecule has 6 nitrogen and oxygen atoms in total. The largest absolute Gasteiger partial charge is 0.475 e. The molecule has 0 bridgehead atoms. The van der Waals surface area contributed by atoms with Crippen molar-refractivity contribution >= 4 is 13.7 Å². The van der Waals surface area contributed by atoms with Crippen molar-refractivity contribution in [2.45, 2.75) is 37.9 Å². The Labute approximate surface area is 191 Å². The van der Waals surface area contributed by atoms with Crippen LogP contribution in [0.2, 0.25) is 0 Å². The minimum absolute atomic E-state index is 0.0586. The average Bonchev–Trinajstić information content (AvgIpc) is 2.71. The van der Waals surface area contributed by atoms with Crippen molar-refractivity contribution in [3.05, 3.63) is 60.7 Å². The Morgan fingerprint density at radius 3 is 1.62 bits per heavy atom. The summed E-state index contributed by atoms with van der Waals surface area (Å²) < 4.78 is 113. The van der Waals surface area contributed by atoms with Gasteiger partial charge in [-0.3, -0.25) is 5.32 Å². The minimum atomic E-state index is -6.41. The van der Waals surface area contributed by atoms with E-state index in [4.69, 9.17) is 9.05 Å². The summed E-state index contributed by atoms with van der Waals surface area (Å²) in [5.74, 6) is -1.29. The zero-order valence-electron chi connectivity index (χ0n) is 18.0. The quantitative estimate of drug-likeness (QED) is 0.291. The molecule has 0 aromatic heterocycles. The molecule has 1 amide bonds. The normalized spacial score (nSPS) is 12.9. The number of hydrogen-bond acceptors (Lipinski definition) is 5. The van der Waals surface area contributed by atoms with Crippen molar-refractivity contribution in [1.82, 2.24) is 5.32 Å². The molecule has 0 unspecified atom stereocenters. The highest BCUT2D eigenvalue weighted by Crippen LogP contribution is 2.68. The van der Waals surface area contributed by atoms with Gasteiger partial charge in [-0.25, -0.2) is 9.36 Å². The summed E-state index contributed by atoms with van der Waals surface area (Å²) in [6.07, 6.45) is -14.7. The maximum atomic E-state index is 14.3. The topological polar surface area (TPSA) is 73.9 Å². The van der Waals surface area contributed by atoms with Crippen LogP contribution >= 0.6 is 7.60 Å². The van der Waals surface area contributed by atoms with Crippen molar-refractivity contribution in [3.8, 4) is 11.5 Å². The van der Waals surface area contributed by atoms with Crippen LogP contribution in [0.25, 0.3) is 0 Å². The Bertz CT molecular complexity index is 923. The van der Waals surface area contributed by atoms with E-state index in [1.807, 2.05) is 0 Å². The van der Waals surface area contributed by atoms with Gasteiger partial charge in [0, 0.05) is 0 Å². The number of para-hydroxylation sites is 2. The van der Waals surface area contributed by atoms with Crippen LogP contribution in [0.15, 0.2) is 60.7 Å². The third-order valence-corrected chi connectivity index (χ3v) is 6.72. The molecule has 2 aromatic rings. The van der Waals surface area contributed by atoms with E-state index in [9.17, 15) is 35.7 Å². The number of rotatable bonds is 9. The van der Waals surface area contributed by atoms with Gasteiger partial charge in [-0.05, 0) is 36.6 Å². The van der Waals surface area contributed by atoms with Crippen molar-refractivity contribution in [2.24, 2.45) is 5.92 Å². The summed E-state index contributed by atoms with van der Waals surface area (Å²) in [6.45, 7) is 2.93. The molecule has 0 spiro atoms. The molecular formula is C21H22F6NO5P. The lowest BCUT2D eigenvalue weighted by Gasteiger charge is -2.40. The Morgan fingerprint density at radius 1 is 0.853 bits per heavy atom. The second kappa shape index (κ2) is 10.6. The number of halogens is 6. The highest BCUT2D eigenvalue weighted by atomic mass is 31.2. The number of carbonyl (C=O) groups is 1. The summed E-state index contributed by atoms with van der Waals surface area (Å²) in [5, 5.41) is -4.72. The van der Waals surface area contributed by atoms with Crippen molar-refractivity contribution in [2.75, 3.05) is 6.61 Å². The van der Waals surface area contributed by atoms with E-state index in [0.717, 1.165) is 29.6 Å². The number of ether oxygens (including phenoxy) is 1. The van der Waals surface area contributed by atoms with Gasteiger partial charge in [0.15, 0.2) is 0 Å². The van der Waals surface area contributed by atoms with Gasteiger partial charge in [-0.2, -0.15) is 26.3 Å². The lowest BCUT2D eigenvalue weighted by atomic mass is 10.1. The minimum Gasteiger partial charge on any atom is -0.450 e. The molecule has 13 heteroatoms. The molecule has 1 N–H and O–H groups in total. The van der Waals surface area contributed by atoms with Crippen molar-refractivity contribution < 1.29 is 49.5 Å². The standard InChI is InChI=1S/C21H22F6NO5P/c1-15(2)13-14-31-18(29)28-19(20(22,23)24,21(25,26)27)34(30,32-16-9-5-3-6-10-16)33-17-11-7-4-8-12-17/h3-12,15H,13-14H2,1-2H3,(H,28,29). The van der Waals surface area contributed by atoms with Crippen LogP contribution in [0.5, 0.6) is 11.5 Å². The third-order valence-electron chi connectivity index (χ3n) is 4.38. The van der Waals surface area contributed by atoms with Gasteiger partial charge in [0.2, 0.25) is 0 Å². The number of nitrogens with one attached hydrogen (secondary N) is 1. The third kappa shape index (κ3) is 6.16. The Morgan fingerprint density at radius 2 is 1.26 bits per heavy atom. The van der Waals surface area contributed by atoms with Crippen LogP contribution in [0.4, 0.5) is 31.1 Å². The Hall–Kier alpha value is -2.88. The Kier molecular flexibility index (Phi) is 8.52. The van der Waals surface area contributed by atoms with E-state index >= 15 is 0 Å². The number of amides is 1. The van der Waals surface area contributed by atoms with E-state index in [2.05, 4.69) is 4.74 Å². The van der Waals surface area contributed by atoms with Gasteiger partial charge in [0.25, 0.3) is 0 Å². The molecule has 0 fully saturated rings. The number of alkyl halides is 6. The number of benzene rings is 2. The van der Waals surface area contributed by atoms with E-state index in [-0.39, 0.29) is 12.3 Å². The molecule has 0 saturated carbocycles. The molecule has 0 aliphatic carbocycles. The lowest BCUT2D eigenvalue weighted by Crippen LogP contribution is -2.68. The molecule has 0 aliphatic rings. The summed E-state index contributed by atoms with van der Waals surface area (Å²) in [5.41, 5.74) is 0. The van der Waals surface area contributed by atoms with Crippen molar-refractivity contribution in [1.29, 1.82) is 0 Å². The molecule has 2 aromatic carbocycles. The highest BCUT2D eigenvalue weighted by molar-refractivity contribution is 7.56. The first-order valence-corrected chi connectivity index (χ1v) is 11.4. The SMILES string of the molecule is CC(C)CCOC(=O)NC(C(F)(F)F)(C(F)(F)F)P(=O)(Oc1ccccc1)Oc1ccccc1. The molecule has 0 radical (unpaired) electrons. The first kappa shape index (κ1) is 27.4. The summed E-state index contributed by atoms with van der Waals surface area (Å²) in [7, 11) is -6.41. The fourth-order valence-corrected chi connectivity index (χ4v) is 4.61. The first-order valence-electron chi connectivity index (χ1n) is 9.89. The van der Waals surface area contributed by atoms with Gasteiger partial charge in [0.1, 0.15) is 11.5 Å². The monoisotopic (exact) mass is 513 g/mol.